The summed E-state index contributed by atoms with van der Waals surface area (Å²) in [6, 6.07) is 0. The number of amides is 1. The van der Waals surface area contributed by atoms with Crippen molar-refractivity contribution in [3.63, 3.8) is 0 Å². The van der Waals surface area contributed by atoms with Crippen molar-refractivity contribution in [3.8, 4) is 0 Å². The third kappa shape index (κ3) is 2.97. The van der Waals surface area contributed by atoms with E-state index in [0.717, 1.165) is 19.4 Å². The van der Waals surface area contributed by atoms with E-state index in [9.17, 15) is 4.79 Å². The predicted octanol–water partition coefficient (Wildman–Crippen LogP) is 2.23. The predicted molar refractivity (Wildman–Crippen MR) is 67.0 cm³/mol. The smallest absolute Gasteiger partial charge is 0.237 e. The third-order valence-electron chi connectivity index (χ3n) is 3.89. The molecule has 1 unspecified atom stereocenters. The molecule has 1 aliphatic heterocycles. The molecule has 1 heterocycles. The van der Waals surface area contributed by atoms with Gasteiger partial charge in [0.15, 0.2) is 0 Å². The Morgan fingerprint density at radius 2 is 2.12 bits per heavy atom. The van der Waals surface area contributed by atoms with E-state index < -0.39 is 0 Å². The van der Waals surface area contributed by atoms with Gasteiger partial charge in [0.25, 0.3) is 0 Å². The van der Waals surface area contributed by atoms with E-state index in [4.69, 9.17) is 0 Å². The van der Waals surface area contributed by atoms with Gasteiger partial charge in [0.05, 0.1) is 12.7 Å². The summed E-state index contributed by atoms with van der Waals surface area (Å²) in [5.74, 6) is 0.843. The Morgan fingerprint density at radius 3 is 2.62 bits per heavy atom. The molecule has 0 radical (unpaired) electrons. The first-order chi connectivity index (χ1) is 7.38. The van der Waals surface area contributed by atoms with Crippen molar-refractivity contribution in [2.45, 2.75) is 53.6 Å². The minimum Gasteiger partial charge on any atom is -0.326 e. The lowest BCUT2D eigenvalue weighted by Crippen LogP contribution is -2.44. The standard InChI is InChI=1S/C13H26N2O/c1-6-7-11-14-8-12(16)15(11)9-13(4,5)10(2)3/h10-11,14H,6-9H2,1-5H3. The molecule has 1 rings (SSSR count). The van der Waals surface area contributed by atoms with Crippen LogP contribution in [0.2, 0.25) is 0 Å². The van der Waals surface area contributed by atoms with Crippen molar-refractivity contribution in [1.29, 1.82) is 0 Å². The molecular weight excluding hydrogens is 200 g/mol. The molecule has 0 aromatic rings. The zero-order valence-electron chi connectivity index (χ0n) is 11.3. The van der Waals surface area contributed by atoms with Crippen molar-refractivity contribution in [1.82, 2.24) is 10.2 Å². The summed E-state index contributed by atoms with van der Waals surface area (Å²) in [5.41, 5.74) is 0.188. The molecule has 0 saturated carbocycles. The Kier molecular flexibility index (Phi) is 4.36. The minimum absolute atomic E-state index is 0.188. The highest BCUT2D eigenvalue weighted by Gasteiger charge is 2.35. The van der Waals surface area contributed by atoms with Crippen molar-refractivity contribution in [2.75, 3.05) is 13.1 Å². The average molecular weight is 226 g/mol. The highest BCUT2D eigenvalue weighted by atomic mass is 16.2. The van der Waals surface area contributed by atoms with E-state index in [1.165, 1.54) is 0 Å². The third-order valence-corrected chi connectivity index (χ3v) is 3.89. The first kappa shape index (κ1) is 13.5. The minimum atomic E-state index is 0.188. The van der Waals surface area contributed by atoms with Gasteiger partial charge < -0.3 is 4.90 Å². The summed E-state index contributed by atoms with van der Waals surface area (Å²) >= 11 is 0. The summed E-state index contributed by atoms with van der Waals surface area (Å²) in [7, 11) is 0. The zero-order chi connectivity index (χ0) is 12.3. The second kappa shape index (κ2) is 5.17. The monoisotopic (exact) mass is 226 g/mol. The molecule has 3 nitrogen and oxygen atoms in total. The molecule has 0 aliphatic carbocycles. The fraction of sp³-hybridized carbons (Fsp3) is 0.923. The molecule has 0 aromatic carbocycles. The van der Waals surface area contributed by atoms with E-state index in [1.807, 2.05) is 4.90 Å². The average Bonchev–Trinajstić information content (AvgIpc) is 2.50. The van der Waals surface area contributed by atoms with Crippen LogP contribution in [-0.2, 0) is 4.79 Å². The molecule has 3 heteroatoms. The van der Waals surface area contributed by atoms with Gasteiger partial charge in [-0.15, -0.1) is 0 Å². The van der Waals surface area contributed by atoms with Crippen molar-refractivity contribution >= 4 is 5.91 Å². The van der Waals surface area contributed by atoms with E-state index in [2.05, 4.69) is 39.9 Å². The lowest BCUT2D eigenvalue weighted by molar-refractivity contribution is -0.129. The first-order valence-corrected chi connectivity index (χ1v) is 6.41. The highest BCUT2D eigenvalue weighted by molar-refractivity contribution is 5.80. The molecule has 0 spiro atoms. The zero-order valence-corrected chi connectivity index (χ0v) is 11.3. The van der Waals surface area contributed by atoms with E-state index in [1.54, 1.807) is 0 Å². The highest BCUT2D eigenvalue weighted by Crippen LogP contribution is 2.29. The van der Waals surface area contributed by atoms with Crippen LogP contribution in [0.5, 0.6) is 0 Å². The Labute approximate surface area is 99.6 Å². The summed E-state index contributed by atoms with van der Waals surface area (Å²) in [5, 5.41) is 3.30. The molecule has 1 saturated heterocycles. The summed E-state index contributed by atoms with van der Waals surface area (Å²) in [6.07, 6.45) is 2.43. The van der Waals surface area contributed by atoms with Gasteiger partial charge in [-0.05, 0) is 17.8 Å². The molecule has 1 fully saturated rings. The molecular formula is C13H26N2O. The van der Waals surface area contributed by atoms with Crippen LogP contribution >= 0.6 is 0 Å². The van der Waals surface area contributed by atoms with Crippen molar-refractivity contribution < 1.29 is 4.79 Å². The van der Waals surface area contributed by atoms with Crippen molar-refractivity contribution in [3.05, 3.63) is 0 Å². The normalized spacial score (nSPS) is 22.2. The van der Waals surface area contributed by atoms with Crippen molar-refractivity contribution in [2.24, 2.45) is 11.3 Å². The molecule has 16 heavy (non-hydrogen) atoms. The lowest BCUT2D eigenvalue weighted by Gasteiger charge is -2.36. The van der Waals surface area contributed by atoms with Crippen LogP contribution < -0.4 is 5.32 Å². The molecule has 1 N–H and O–H groups in total. The molecule has 1 aliphatic rings. The quantitative estimate of drug-likeness (QED) is 0.779. The van der Waals surface area contributed by atoms with Gasteiger partial charge >= 0.3 is 0 Å². The maximum atomic E-state index is 11.8. The van der Waals surface area contributed by atoms with E-state index in [-0.39, 0.29) is 17.5 Å². The second-order valence-corrected chi connectivity index (χ2v) is 5.85. The molecule has 0 aromatic heterocycles. The fourth-order valence-electron chi connectivity index (χ4n) is 1.94. The number of carbonyl (C=O) groups excluding carboxylic acids is 1. The number of nitrogens with zero attached hydrogens (tertiary/aromatic N) is 1. The Balaban J connectivity index is 2.66. The number of nitrogens with one attached hydrogen (secondary N) is 1. The van der Waals surface area contributed by atoms with Crippen LogP contribution in [0, 0.1) is 11.3 Å². The first-order valence-electron chi connectivity index (χ1n) is 6.41. The number of rotatable bonds is 5. The maximum Gasteiger partial charge on any atom is 0.237 e. The Morgan fingerprint density at radius 1 is 1.50 bits per heavy atom. The number of hydrogen-bond donors (Lipinski definition) is 1. The number of carbonyl (C=O) groups is 1. The van der Waals surface area contributed by atoms with Gasteiger partial charge in [-0.1, -0.05) is 41.0 Å². The van der Waals surface area contributed by atoms with Crippen LogP contribution in [-0.4, -0.2) is 30.1 Å². The Hall–Kier alpha value is -0.570. The SMILES string of the molecule is CCCC1NCC(=O)N1CC(C)(C)C(C)C. The molecule has 0 bridgehead atoms. The van der Waals surface area contributed by atoms with Gasteiger partial charge in [0, 0.05) is 6.54 Å². The Bertz CT molecular complexity index is 248. The molecule has 94 valence electrons. The van der Waals surface area contributed by atoms with Gasteiger partial charge in [-0.3, -0.25) is 10.1 Å². The van der Waals surface area contributed by atoms with E-state index in [0.29, 0.717) is 12.5 Å². The molecule has 1 atom stereocenters. The number of hydrogen-bond acceptors (Lipinski definition) is 2. The van der Waals surface area contributed by atoms with Crippen LogP contribution in [0.3, 0.4) is 0 Å². The molecule has 1 amide bonds. The summed E-state index contributed by atoms with van der Waals surface area (Å²) < 4.78 is 0. The topological polar surface area (TPSA) is 32.3 Å². The van der Waals surface area contributed by atoms with Crippen LogP contribution in [0.1, 0.15) is 47.5 Å². The maximum absolute atomic E-state index is 11.8. The lowest BCUT2D eigenvalue weighted by atomic mass is 9.80. The van der Waals surface area contributed by atoms with Gasteiger partial charge in [-0.2, -0.15) is 0 Å². The summed E-state index contributed by atoms with van der Waals surface area (Å²) in [6.45, 7) is 12.5. The largest absolute Gasteiger partial charge is 0.326 e. The second-order valence-electron chi connectivity index (χ2n) is 5.85. The van der Waals surface area contributed by atoms with Gasteiger partial charge in [-0.25, -0.2) is 0 Å². The van der Waals surface area contributed by atoms with Crippen LogP contribution in [0.15, 0.2) is 0 Å². The van der Waals surface area contributed by atoms with Crippen LogP contribution in [0.25, 0.3) is 0 Å². The summed E-state index contributed by atoms with van der Waals surface area (Å²) in [4.78, 5) is 13.9. The van der Waals surface area contributed by atoms with E-state index >= 15 is 0 Å². The van der Waals surface area contributed by atoms with Crippen LogP contribution in [0.4, 0.5) is 0 Å². The van der Waals surface area contributed by atoms with Gasteiger partial charge in [0.2, 0.25) is 5.91 Å². The fourth-order valence-corrected chi connectivity index (χ4v) is 1.94. The van der Waals surface area contributed by atoms with Gasteiger partial charge in [0.1, 0.15) is 0 Å².